The Morgan fingerprint density at radius 3 is 2.50 bits per heavy atom. The van der Waals surface area contributed by atoms with Gasteiger partial charge in [-0.3, -0.25) is 0 Å². The topological polar surface area (TPSA) is 9.23 Å². The minimum atomic E-state index is 0.744. The third kappa shape index (κ3) is 4.26. The van der Waals surface area contributed by atoms with Gasteiger partial charge in [-0.05, 0) is 42.0 Å². The Balaban J connectivity index is 1.84. The molecule has 0 bridgehead atoms. The van der Waals surface area contributed by atoms with Gasteiger partial charge >= 0.3 is 0 Å². The van der Waals surface area contributed by atoms with E-state index in [0.717, 1.165) is 11.7 Å². The highest BCUT2D eigenvalue weighted by molar-refractivity contribution is 5.75. The van der Waals surface area contributed by atoms with Crippen LogP contribution in [0.4, 0.5) is 0 Å². The van der Waals surface area contributed by atoms with Gasteiger partial charge in [0.2, 0.25) is 0 Å². The molecule has 0 saturated heterocycles. The van der Waals surface area contributed by atoms with Crippen LogP contribution < -0.4 is 4.74 Å². The number of methoxy groups -OCH3 is 1. The maximum atomic E-state index is 5.20. The molecular weight excluding hydrogens is 244 g/mol. The van der Waals surface area contributed by atoms with Crippen molar-refractivity contribution in [2.45, 2.75) is 45.4 Å². The second-order valence-electron chi connectivity index (χ2n) is 5.59. The van der Waals surface area contributed by atoms with Crippen LogP contribution in [0.1, 0.15) is 51.0 Å². The van der Waals surface area contributed by atoms with E-state index in [4.69, 9.17) is 4.74 Å². The second kappa shape index (κ2) is 7.94. The zero-order chi connectivity index (χ0) is 14.2. The Labute approximate surface area is 123 Å². The summed E-state index contributed by atoms with van der Waals surface area (Å²) in [6.07, 6.45) is 15.0. The summed E-state index contributed by atoms with van der Waals surface area (Å²) in [4.78, 5) is 0. The first-order valence-corrected chi connectivity index (χ1v) is 7.86. The number of ether oxygens (including phenoxy) is 1. The number of benzene rings is 1. The average molecular weight is 270 g/mol. The predicted molar refractivity (Wildman–Crippen MR) is 87.0 cm³/mol. The molecule has 1 nitrogen and oxygen atoms in total. The van der Waals surface area contributed by atoms with E-state index in [2.05, 4.69) is 37.3 Å². The fourth-order valence-electron chi connectivity index (χ4n) is 2.71. The predicted octanol–water partition coefficient (Wildman–Crippen LogP) is 5.63. The molecule has 1 aromatic rings. The Morgan fingerprint density at radius 2 is 1.90 bits per heavy atom. The molecule has 0 saturated carbocycles. The summed E-state index contributed by atoms with van der Waals surface area (Å²) in [5, 5.41) is 0. The molecule has 1 unspecified atom stereocenters. The molecule has 0 spiro atoms. The van der Waals surface area contributed by atoms with Crippen LogP contribution in [0.25, 0.3) is 5.57 Å². The second-order valence-corrected chi connectivity index (χ2v) is 5.59. The van der Waals surface area contributed by atoms with Crippen molar-refractivity contribution in [1.29, 1.82) is 0 Å². The van der Waals surface area contributed by atoms with Crippen molar-refractivity contribution in [2.75, 3.05) is 7.11 Å². The lowest BCUT2D eigenvalue weighted by Crippen LogP contribution is -2.00. The molecule has 0 radical (unpaired) electrons. The summed E-state index contributed by atoms with van der Waals surface area (Å²) in [6.45, 7) is 2.27. The lowest BCUT2D eigenvalue weighted by Gasteiger charge is -2.16. The molecule has 0 aromatic heterocycles. The molecule has 20 heavy (non-hydrogen) atoms. The lowest BCUT2D eigenvalue weighted by atomic mass is 9.89. The van der Waals surface area contributed by atoms with Crippen molar-refractivity contribution >= 4 is 5.57 Å². The Morgan fingerprint density at radius 1 is 1.10 bits per heavy atom. The smallest absolute Gasteiger partial charge is 0.118 e. The Kier molecular flexibility index (Phi) is 5.91. The summed E-state index contributed by atoms with van der Waals surface area (Å²) >= 11 is 0. The molecule has 0 heterocycles. The molecule has 1 aliphatic carbocycles. The Hall–Kier alpha value is -1.50. The average Bonchev–Trinajstić information content (AvgIpc) is 2.52. The minimum Gasteiger partial charge on any atom is -0.497 e. The van der Waals surface area contributed by atoms with Crippen molar-refractivity contribution in [3.63, 3.8) is 0 Å². The maximum Gasteiger partial charge on any atom is 0.118 e. The van der Waals surface area contributed by atoms with Crippen LogP contribution in [0.2, 0.25) is 0 Å². The van der Waals surface area contributed by atoms with E-state index in [1.165, 1.54) is 49.7 Å². The fourth-order valence-corrected chi connectivity index (χ4v) is 2.71. The van der Waals surface area contributed by atoms with Gasteiger partial charge in [-0.2, -0.15) is 0 Å². The largest absolute Gasteiger partial charge is 0.497 e. The van der Waals surface area contributed by atoms with Gasteiger partial charge in [0.05, 0.1) is 7.11 Å². The minimum absolute atomic E-state index is 0.744. The number of rotatable bonds is 7. The fraction of sp³-hybridized carbons (Fsp3) is 0.474. The SMILES string of the molecule is CCCCCCC1C=CC(c2ccc(OC)cc2)=CC1. The molecule has 0 aliphatic heterocycles. The summed E-state index contributed by atoms with van der Waals surface area (Å²) in [7, 11) is 1.71. The third-order valence-electron chi connectivity index (χ3n) is 4.04. The third-order valence-corrected chi connectivity index (χ3v) is 4.04. The van der Waals surface area contributed by atoms with Crippen LogP contribution in [-0.4, -0.2) is 7.11 Å². The lowest BCUT2D eigenvalue weighted by molar-refractivity contribution is 0.415. The van der Waals surface area contributed by atoms with Crippen molar-refractivity contribution in [1.82, 2.24) is 0 Å². The molecule has 1 aliphatic rings. The molecule has 1 heteroatoms. The monoisotopic (exact) mass is 270 g/mol. The van der Waals surface area contributed by atoms with Crippen LogP contribution in [0.3, 0.4) is 0 Å². The molecular formula is C19H26O. The van der Waals surface area contributed by atoms with E-state index in [1.807, 2.05) is 12.1 Å². The number of unbranched alkanes of at least 4 members (excludes halogenated alkanes) is 3. The summed E-state index contributed by atoms with van der Waals surface area (Å²) < 4.78 is 5.20. The normalized spacial score (nSPS) is 17.9. The molecule has 108 valence electrons. The highest BCUT2D eigenvalue weighted by atomic mass is 16.5. The van der Waals surface area contributed by atoms with E-state index in [9.17, 15) is 0 Å². The molecule has 1 atom stereocenters. The maximum absolute atomic E-state index is 5.20. The molecule has 0 fully saturated rings. The first kappa shape index (κ1) is 14.9. The van der Waals surface area contributed by atoms with Gasteiger partial charge in [0.25, 0.3) is 0 Å². The first-order valence-electron chi connectivity index (χ1n) is 7.86. The number of allylic oxidation sites excluding steroid dienone is 4. The van der Waals surface area contributed by atoms with Crippen LogP contribution in [0.5, 0.6) is 5.75 Å². The standard InChI is InChI=1S/C19H26O/c1-3-4-5-6-7-16-8-10-17(11-9-16)18-12-14-19(20-2)15-13-18/h8,10-16H,3-7,9H2,1-2H3. The van der Waals surface area contributed by atoms with Gasteiger partial charge in [0.1, 0.15) is 5.75 Å². The Bertz CT molecular complexity index is 453. The number of hydrogen-bond acceptors (Lipinski definition) is 1. The number of hydrogen-bond donors (Lipinski definition) is 0. The molecule has 1 aromatic carbocycles. The van der Waals surface area contributed by atoms with Crippen molar-refractivity contribution in [2.24, 2.45) is 5.92 Å². The zero-order valence-electron chi connectivity index (χ0n) is 12.8. The van der Waals surface area contributed by atoms with Gasteiger partial charge in [-0.25, -0.2) is 0 Å². The van der Waals surface area contributed by atoms with Gasteiger partial charge in [-0.15, -0.1) is 0 Å². The van der Waals surface area contributed by atoms with E-state index in [1.54, 1.807) is 7.11 Å². The van der Waals surface area contributed by atoms with E-state index in [0.29, 0.717) is 0 Å². The van der Waals surface area contributed by atoms with Gasteiger partial charge in [0, 0.05) is 0 Å². The summed E-state index contributed by atoms with van der Waals surface area (Å²) in [5.41, 5.74) is 2.63. The van der Waals surface area contributed by atoms with E-state index in [-0.39, 0.29) is 0 Å². The van der Waals surface area contributed by atoms with Gasteiger partial charge in [0.15, 0.2) is 0 Å². The van der Waals surface area contributed by atoms with Gasteiger partial charge < -0.3 is 4.74 Å². The zero-order valence-corrected chi connectivity index (χ0v) is 12.8. The molecule has 0 N–H and O–H groups in total. The quantitative estimate of drug-likeness (QED) is 0.584. The molecule has 2 rings (SSSR count). The highest BCUT2D eigenvalue weighted by Gasteiger charge is 2.09. The van der Waals surface area contributed by atoms with Crippen molar-refractivity contribution in [3.05, 3.63) is 48.1 Å². The van der Waals surface area contributed by atoms with Crippen LogP contribution in [-0.2, 0) is 0 Å². The van der Waals surface area contributed by atoms with E-state index >= 15 is 0 Å². The van der Waals surface area contributed by atoms with Crippen molar-refractivity contribution in [3.8, 4) is 5.75 Å². The van der Waals surface area contributed by atoms with Crippen LogP contribution in [0.15, 0.2) is 42.5 Å². The summed E-state index contributed by atoms with van der Waals surface area (Å²) in [5.74, 6) is 1.66. The summed E-state index contributed by atoms with van der Waals surface area (Å²) in [6, 6.07) is 8.33. The highest BCUT2D eigenvalue weighted by Crippen LogP contribution is 2.28. The van der Waals surface area contributed by atoms with Gasteiger partial charge in [-0.1, -0.05) is 63.0 Å². The van der Waals surface area contributed by atoms with Crippen molar-refractivity contribution < 1.29 is 4.74 Å². The molecule has 0 amide bonds. The van der Waals surface area contributed by atoms with E-state index < -0.39 is 0 Å². The van der Waals surface area contributed by atoms with Crippen LogP contribution >= 0.6 is 0 Å². The first-order chi connectivity index (χ1) is 9.83. The van der Waals surface area contributed by atoms with Crippen LogP contribution in [0, 0.1) is 5.92 Å².